The Morgan fingerprint density at radius 3 is 2.42 bits per heavy atom. The predicted octanol–water partition coefficient (Wildman–Crippen LogP) is 6.84. The van der Waals surface area contributed by atoms with Crippen LogP contribution >= 0.6 is 0 Å². The summed E-state index contributed by atoms with van der Waals surface area (Å²) in [6.07, 6.45) is -2.73. The van der Waals surface area contributed by atoms with Crippen molar-refractivity contribution in [3.05, 3.63) is 54.0 Å². The third kappa shape index (κ3) is 4.57. The maximum atomic E-state index is 13.4. The van der Waals surface area contributed by atoms with Crippen LogP contribution in [0.2, 0.25) is 18.1 Å². The highest BCUT2D eigenvalue weighted by Gasteiger charge is 2.44. The van der Waals surface area contributed by atoms with Crippen LogP contribution in [-0.2, 0) is 9.84 Å². The average molecular weight is 450 g/mol. The van der Waals surface area contributed by atoms with Crippen LogP contribution in [0.4, 0.5) is 13.2 Å². The molecule has 2 heterocycles. The third-order valence-electron chi connectivity index (χ3n) is 6.43. The van der Waals surface area contributed by atoms with Gasteiger partial charge in [-0.2, -0.15) is 0 Å². The minimum absolute atomic E-state index is 0.0400. The number of ether oxygens (including phenoxy) is 1. The molecular weight excluding hydrogens is 419 g/mol. The highest BCUT2D eigenvalue weighted by molar-refractivity contribution is 6.74. The summed E-state index contributed by atoms with van der Waals surface area (Å²) >= 11 is 0. The lowest BCUT2D eigenvalue weighted by Gasteiger charge is -2.38. The quantitative estimate of drug-likeness (QED) is 0.453. The summed E-state index contributed by atoms with van der Waals surface area (Å²) in [5.74, 6) is 0.140. The van der Waals surface area contributed by atoms with Gasteiger partial charge < -0.3 is 9.16 Å². The van der Waals surface area contributed by atoms with E-state index >= 15 is 0 Å². The van der Waals surface area contributed by atoms with E-state index in [1.165, 1.54) is 12.1 Å². The predicted molar refractivity (Wildman–Crippen MR) is 121 cm³/mol. The van der Waals surface area contributed by atoms with Gasteiger partial charge in [0.05, 0.1) is 11.1 Å². The number of allylic oxidation sites excluding steroid dienone is 1. The number of aromatic nitrogens is 1. The molecule has 0 saturated heterocycles. The summed E-state index contributed by atoms with van der Waals surface area (Å²) in [4.78, 5) is 4.42. The molecule has 1 unspecified atom stereocenters. The van der Waals surface area contributed by atoms with Crippen molar-refractivity contribution in [2.75, 3.05) is 13.2 Å². The van der Waals surface area contributed by atoms with E-state index < -0.39 is 20.2 Å². The average Bonchev–Trinajstić information content (AvgIpc) is 3.02. The molecule has 1 aliphatic heterocycles. The van der Waals surface area contributed by atoms with Crippen LogP contribution in [0.15, 0.2) is 36.9 Å². The van der Waals surface area contributed by atoms with Crippen molar-refractivity contribution in [1.29, 1.82) is 0 Å². The molecule has 1 aliphatic rings. The number of fused-ring (bicyclic) bond motifs is 1. The van der Waals surface area contributed by atoms with E-state index in [1.807, 2.05) is 6.92 Å². The second-order valence-corrected chi connectivity index (χ2v) is 14.8. The summed E-state index contributed by atoms with van der Waals surface area (Å²) in [7, 11) is -2.03. The lowest BCUT2D eigenvalue weighted by atomic mass is 9.84. The van der Waals surface area contributed by atoms with Gasteiger partial charge in [-0.25, -0.2) is 18.2 Å². The van der Waals surface area contributed by atoms with Crippen LogP contribution in [0.25, 0.3) is 16.8 Å². The molecule has 0 bridgehead atoms. The number of benzene rings is 1. The van der Waals surface area contributed by atoms with Gasteiger partial charge in [-0.1, -0.05) is 27.4 Å². The fourth-order valence-electron chi connectivity index (χ4n) is 3.19. The van der Waals surface area contributed by atoms with Gasteiger partial charge in [0, 0.05) is 23.3 Å². The summed E-state index contributed by atoms with van der Waals surface area (Å²) < 4.78 is 52.8. The Morgan fingerprint density at radius 1 is 1.26 bits per heavy atom. The summed E-state index contributed by atoms with van der Waals surface area (Å²) in [6.45, 7) is 17.1. The minimum Gasteiger partial charge on any atom is -0.490 e. The fourth-order valence-corrected chi connectivity index (χ4v) is 4.30. The van der Waals surface area contributed by atoms with E-state index in [0.29, 0.717) is 30.2 Å². The van der Waals surface area contributed by atoms with Crippen molar-refractivity contribution in [3.63, 3.8) is 0 Å². The molecule has 0 saturated carbocycles. The first-order chi connectivity index (χ1) is 14.2. The van der Waals surface area contributed by atoms with Crippen LogP contribution in [-0.4, -0.2) is 32.9 Å². The first-order valence-electron chi connectivity index (χ1n) is 10.3. The second-order valence-electron chi connectivity index (χ2n) is 9.96. The smallest absolute Gasteiger partial charge is 0.265 e. The first-order valence-corrected chi connectivity index (χ1v) is 13.2. The van der Waals surface area contributed by atoms with Crippen LogP contribution in [0.3, 0.4) is 0 Å². The fraction of sp³-hybridized carbons (Fsp3) is 0.458. The van der Waals surface area contributed by atoms with Crippen LogP contribution < -0.4 is 4.74 Å². The molecule has 0 fully saturated rings. The summed E-state index contributed by atoms with van der Waals surface area (Å²) in [5.41, 5.74) is 0.987. The van der Waals surface area contributed by atoms with Gasteiger partial charge >= 0.3 is 0 Å². The van der Waals surface area contributed by atoms with Crippen LogP contribution in [0.5, 0.6) is 5.75 Å². The molecule has 1 aromatic heterocycles. The highest BCUT2D eigenvalue weighted by Crippen LogP contribution is 2.46. The van der Waals surface area contributed by atoms with Gasteiger partial charge in [0.1, 0.15) is 23.9 Å². The maximum Gasteiger partial charge on any atom is 0.265 e. The monoisotopic (exact) mass is 449 g/mol. The molecule has 7 heteroatoms. The van der Waals surface area contributed by atoms with Crippen molar-refractivity contribution in [2.24, 2.45) is 0 Å². The Labute approximate surface area is 183 Å². The molecule has 168 valence electrons. The van der Waals surface area contributed by atoms with Crippen molar-refractivity contribution in [1.82, 2.24) is 4.98 Å². The first kappa shape index (κ1) is 23.5. The number of pyridine rings is 1. The molecule has 3 nitrogen and oxygen atoms in total. The highest BCUT2D eigenvalue weighted by atomic mass is 28.4. The van der Waals surface area contributed by atoms with Gasteiger partial charge in [0.25, 0.3) is 6.43 Å². The third-order valence-corrected chi connectivity index (χ3v) is 10.9. The molecule has 0 aliphatic carbocycles. The Bertz CT molecular complexity index is 984. The molecule has 2 aromatic rings. The number of hydrogen-bond donors (Lipinski definition) is 0. The molecule has 0 N–H and O–H groups in total. The topological polar surface area (TPSA) is 31.4 Å². The lowest BCUT2D eigenvalue weighted by Crippen LogP contribution is -2.45. The molecule has 0 radical (unpaired) electrons. The van der Waals surface area contributed by atoms with Gasteiger partial charge in [0.2, 0.25) is 0 Å². The Morgan fingerprint density at radius 2 is 1.87 bits per heavy atom. The number of rotatable bonds is 6. The number of alkyl halides is 2. The van der Waals surface area contributed by atoms with E-state index in [1.54, 1.807) is 18.2 Å². The molecule has 31 heavy (non-hydrogen) atoms. The second kappa shape index (κ2) is 8.09. The normalized spacial score (nSPS) is 18.8. The van der Waals surface area contributed by atoms with E-state index in [2.05, 4.69) is 45.4 Å². The largest absolute Gasteiger partial charge is 0.490 e. The van der Waals surface area contributed by atoms with Gasteiger partial charge in [-0.3, -0.25) is 0 Å². The molecule has 0 amide bonds. The maximum absolute atomic E-state index is 13.4. The Hall–Kier alpha value is -2.12. The van der Waals surface area contributed by atoms with Gasteiger partial charge in [-0.15, -0.1) is 0 Å². The lowest BCUT2D eigenvalue weighted by molar-refractivity contribution is 0.175. The number of halogens is 3. The van der Waals surface area contributed by atoms with E-state index in [4.69, 9.17) is 9.16 Å². The van der Waals surface area contributed by atoms with E-state index in [-0.39, 0.29) is 22.1 Å². The van der Waals surface area contributed by atoms with Crippen LogP contribution in [0, 0.1) is 5.82 Å². The zero-order valence-corrected chi connectivity index (χ0v) is 20.0. The number of hydrogen-bond acceptors (Lipinski definition) is 3. The van der Waals surface area contributed by atoms with E-state index in [0.717, 1.165) is 5.56 Å². The van der Waals surface area contributed by atoms with Gasteiger partial charge in [0.15, 0.2) is 8.32 Å². The van der Waals surface area contributed by atoms with Gasteiger partial charge in [-0.05, 0) is 55.4 Å². The van der Waals surface area contributed by atoms with Crippen LogP contribution in [0.1, 0.15) is 39.0 Å². The van der Waals surface area contributed by atoms with Crippen molar-refractivity contribution in [3.8, 4) is 17.0 Å². The number of nitrogens with zero attached hydrogens (tertiary/aromatic N) is 1. The summed E-state index contributed by atoms with van der Waals surface area (Å²) in [6, 6.07) is 7.40. The molecule has 3 rings (SSSR count). The van der Waals surface area contributed by atoms with Crippen molar-refractivity contribution < 1.29 is 22.3 Å². The molecule has 1 atom stereocenters. The Kier molecular flexibility index (Phi) is 6.15. The Balaban J connectivity index is 2.08. The molecule has 1 aromatic carbocycles. The standard InChI is InChI=1S/C24H30F3NO2Si/c1-15(22(26)27)19-12-18-21(20(28-19)16-8-10-17(25)11-9-16)29-13-24(18,5)14-30-31(6,7)23(2,3)4/h8-12,22H,1,13-14H2,2-7H3. The SMILES string of the molecule is C=C(c1cc2c(c(-c3ccc(F)cc3)n1)OCC2(C)CO[Si](C)(C)C(C)(C)C)C(F)F. The summed E-state index contributed by atoms with van der Waals surface area (Å²) in [5, 5.41) is 0.0400. The van der Waals surface area contributed by atoms with Crippen molar-refractivity contribution >= 4 is 13.9 Å². The minimum atomic E-state index is -2.73. The van der Waals surface area contributed by atoms with Crippen molar-refractivity contribution in [2.45, 2.75) is 57.7 Å². The molecule has 0 spiro atoms. The molecular formula is C24H30F3NO2Si. The zero-order chi connectivity index (χ0) is 23.2. The van der Waals surface area contributed by atoms with E-state index in [9.17, 15) is 13.2 Å². The zero-order valence-electron chi connectivity index (χ0n) is 19.0.